The smallest absolute Gasteiger partial charge is 0.0577 e. The maximum absolute atomic E-state index is 11.8. The largest absolute Gasteiger partial charge is 0.393 e. The molecule has 240 valence electrons. The van der Waals surface area contributed by atoms with Gasteiger partial charge < -0.3 is 25.7 Å². The fraction of sp³-hybridized carbons (Fsp3) is 1.00. The number of aliphatic hydroxyl groups excluding tert-OH is 2. The Morgan fingerprint density at radius 2 is 1.54 bits per heavy atom. The Kier molecular flexibility index (Phi) is 12.1. The van der Waals surface area contributed by atoms with Gasteiger partial charge in [0.2, 0.25) is 0 Å². The minimum atomic E-state index is -0.167. The number of rotatable bonds is 15. The second kappa shape index (κ2) is 14.7. The summed E-state index contributed by atoms with van der Waals surface area (Å²) in [7, 11) is 4.30. The lowest BCUT2D eigenvalue weighted by Crippen LogP contribution is -2.59. The number of hydrogen-bond acceptors (Lipinski definition) is 5. The Bertz CT molecular complexity index is 791. The van der Waals surface area contributed by atoms with Gasteiger partial charge in [0.05, 0.1) is 12.2 Å². The van der Waals surface area contributed by atoms with E-state index in [-0.39, 0.29) is 12.2 Å². The van der Waals surface area contributed by atoms with Crippen LogP contribution in [-0.4, -0.2) is 73.6 Å². The first-order chi connectivity index (χ1) is 19.5. The van der Waals surface area contributed by atoms with Crippen LogP contribution in [0.25, 0.3) is 0 Å². The van der Waals surface area contributed by atoms with Crippen LogP contribution in [0, 0.1) is 52.3 Å². The van der Waals surface area contributed by atoms with Crippen LogP contribution in [0.2, 0.25) is 0 Å². The molecule has 0 radical (unpaired) electrons. The second-order valence-corrected chi connectivity index (χ2v) is 16.4. The third-order valence-electron chi connectivity index (χ3n) is 13.3. The van der Waals surface area contributed by atoms with Crippen molar-refractivity contribution < 1.29 is 10.2 Å². The zero-order valence-corrected chi connectivity index (χ0v) is 28.1. The minimum absolute atomic E-state index is 0.116. The molecule has 4 rings (SSSR count). The van der Waals surface area contributed by atoms with Gasteiger partial charge in [-0.3, -0.25) is 0 Å². The van der Waals surface area contributed by atoms with Crippen molar-refractivity contribution in [2.24, 2.45) is 52.3 Å². The van der Waals surface area contributed by atoms with Crippen molar-refractivity contribution in [2.45, 2.75) is 136 Å². The summed E-state index contributed by atoms with van der Waals surface area (Å²) in [5.41, 5.74) is 0.773. The van der Waals surface area contributed by atoms with Crippen molar-refractivity contribution in [3.05, 3.63) is 0 Å². The molecule has 0 aromatic rings. The molecule has 0 aromatic carbocycles. The van der Waals surface area contributed by atoms with E-state index < -0.39 is 0 Å². The highest BCUT2D eigenvalue weighted by molar-refractivity contribution is 5.12. The van der Waals surface area contributed by atoms with Crippen molar-refractivity contribution >= 4 is 0 Å². The van der Waals surface area contributed by atoms with Gasteiger partial charge in [0.25, 0.3) is 0 Å². The number of fused-ring (bicyclic) bond motifs is 5. The zero-order valence-electron chi connectivity index (χ0n) is 28.1. The molecule has 0 saturated heterocycles. The van der Waals surface area contributed by atoms with Gasteiger partial charge in [-0.05, 0) is 176 Å². The summed E-state index contributed by atoms with van der Waals surface area (Å²) < 4.78 is 0. The van der Waals surface area contributed by atoms with Gasteiger partial charge in [0.1, 0.15) is 0 Å². The molecule has 4 aliphatic carbocycles. The van der Waals surface area contributed by atoms with Crippen LogP contribution in [0.3, 0.4) is 0 Å². The minimum Gasteiger partial charge on any atom is -0.393 e. The fourth-order valence-electron chi connectivity index (χ4n) is 10.7. The van der Waals surface area contributed by atoms with Crippen LogP contribution in [0.1, 0.15) is 118 Å². The molecule has 5 nitrogen and oxygen atoms in total. The number of aliphatic hydroxyl groups is 2. The van der Waals surface area contributed by atoms with E-state index in [0.29, 0.717) is 52.4 Å². The van der Waals surface area contributed by atoms with Crippen LogP contribution < -0.4 is 10.6 Å². The van der Waals surface area contributed by atoms with Crippen LogP contribution >= 0.6 is 0 Å². The molecular formula is C36H69N3O2. The molecule has 5 heteroatoms. The molecule has 11 atom stereocenters. The zero-order chi connectivity index (χ0) is 29.8. The fourth-order valence-corrected chi connectivity index (χ4v) is 10.7. The van der Waals surface area contributed by atoms with Crippen LogP contribution in [0.15, 0.2) is 0 Å². The van der Waals surface area contributed by atoms with E-state index in [0.717, 1.165) is 44.8 Å². The Morgan fingerprint density at radius 3 is 2.27 bits per heavy atom. The van der Waals surface area contributed by atoms with Crippen LogP contribution in [0.4, 0.5) is 0 Å². The normalized spacial score (nSPS) is 40.3. The van der Waals surface area contributed by atoms with Gasteiger partial charge >= 0.3 is 0 Å². The third kappa shape index (κ3) is 7.72. The van der Waals surface area contributed by atoms with E-state index in [4.69, 9.17) is 0 Å². The number of hydrogen-bond donors (Lipinski definition) is 4. The van der Waals surface area contributed by atoms with Gasteiger partial charge in [0, 0.05) is 6.04 Å². The van der Waals surface area contributed by atoms with Crippen molar-refractivity contribution in [3.8, 4) is 0 Å². The van der Waals surface area contributed by atoms with E-state index in [1.165, 1.54) is 70.8 Å². The van der Waals surface area contributed by atoms with E-state index in [1.54, 1.807) is 0 Å². The number of nitrogens with one attached hydrogen (secondary N) is 2. The van der Waals surface area contributed by atoms with E-state index in [1.807, 2.05) is 0 Å². The molecular weight excluding hydrogens is 506 g/mol. The average molecular weight is 576 g/mol. The standard InChI is InChI=1S/C36H69N3O2/c1-25(2)32(40)14-11-26(3)29-12-13-30-34-31(16-18-36(29,30)5)35(4)17-15-28(23-27(35)24-33(34)41)38-21-10-20-37-19-8-9-22-39(6)7/h25-34,37-38,40-41H,8-24H2,1-7H3/t26?,27-,28?,29-,30?,31?,32?,33-,34?,35+,36-/m1/s1. The van der Waals surface area contributed by atoms with Crippen LogP contribution in [-0.2, 0) is 0 Å². The van der Waals surface area contributed by atoms with Crippen molar-refractivity contribution in [1.29, 1.82) is 0 Å². The predicted octanol–water partition coefficient (Wildman–Crippen LogP) is 6.33. The summed E-state index contributed by atoms with van der Waals surface area (Å²) in [5, 5.41) is 29.8. The molecule has 0 heterocycles. The van der Waals surface area contributed by atoms with E-state index >= 15 is 0 Å². The van der Waals surface area contributed by atoms with Crippen molar-refractivity contribution in [2.75, 3.05) is 40.3 Å². The average Bonchev–Trinajstić information content (AvgIpc) is 3.28. The third-order valence-corrected chi connectivity index (χ3v) is 13.3. The molecule has 0 aromatic heterocycles. The summed E-state index contributed by atoms with van der Waals surface area (Å²) >= 11 is 0. The van der Waals surface area contributed by atoms with Gasteiger partial charge in [-0.15, -0.1) is 0 Å². The quantitative estimate of drug-likeness (QED) is 0.172. The Hall–Kier alpha value is -0.200. The first-order valence-electron chi connectivity index (χ1n) is 17.9. The first kappa shape index (κ1) is 33.7. The molecule has 4 N–H and O–H groups in total. The van der Waals surface area contributed by atoms with Crippen LogP contribution in [0.5, 0.6) is 0 Å². The van der Waals surface area contributed by atoms with Gasteiger partial charge in [-0.1, -0.05) is 34.6 Å². The lowest BCUT2D eigenvalue weighted by atomic mass is 9.43. The highest BCUT2D eigenvalue weighted by Gasteiger charge is 2.62. The maximum Gasteiger partial charge on any atom is 0.0577 e. The summed E-state index contributed by atoms with van der Waals surface area (Å²) in [6.45, 7) is 16.5. The Balaban J connectivity index is 1.26. The second-order valence-electron chi connectivity index (χ2n) is 16.4. The van der Waals surface area contributed by atoms with E-state index in [9.17, 15) is 10.2 Å². The summed E-state index contributed by atoms with van der Waals surface area (Å²) in [4.78, 5) is 2.27. The van der Waals surface area contributed by atoms with Crippen molar-refractivity contribution in [1.82, 2.24) is 15.5 Å². The molecule has 4 fully saturated rings. The number of nitrogens with zero attached hydrogens (tertiary/aromatic N) is 1. The van der Waals surface area contributed by atoms with Gasteiger partial charge in [-0.25, -0.2) is 0 Å². The molecule has 0 spiro atoms. The Morgan fingerprint density at radius 1 is 0.829 bits per heavy atom. The van der Waals surface area contributed by atoms with Gasteiger partial charge in [0.15, 0.2) is 0 Å². The summed E-state index contributed by atoms with van der Waals surface area (Å²) in [5.74, 6) is 4.31. The summed E-state index contributed by atoms with van der Waals surface area (Å²) in [6, 6.07) is 0.628. The highest BCUT2D eigenvalue weighted by atomic mass is 16.3. The molecule has 0 aliphatic heterocycles. The lowest BCUT2D eigenvalue weighted by Gasteiger charge is -2.62. The molecule has 41 heavy (non-hydrogen) atoms. The molecule has 4 aliphatic rings. The monoisotopic (exact) mass is 576 g/mol. The molecule has 4 saturated carbocycles. The molecule has 0 amide bonds. The maximum atomic E-state index is 11.8. The summed E-state index contributed by atoms with van der Waals surface area (Å²) in [6.07, 6.45) is 15.8. The molecule has 6 unspecified atom stereocenters. The van der Waals surface area contributed by atoms with Gasteiger partial charge in [-0.2, -0.15) is 0 Å². The highest BCUT2D eigenvalue weighted by Crippen LogP contribution is 2.68. The van der Waals surface area contributed by atoms with Crippen molar-refractivity contribution in [3.63, 3.8) is 0 Å². The SMILES string of the molecule is CC(C)C(O)CCC(C)[C@H]1CCC2C3C(CC[C@@]21C)[C@@]1(C)CCC(NCCCNCCCCN(C)C)C[C@@H]1C[C@H]3O. The lowest BCUT2D eigenvalue weighted by molar-refractivity contribution is -0.167. The van der Waals surface area contributed by atoms with E-state index in [2.05, 4.69) is 64.2 Å². The number of unbranched alkanes of at least 4 members (excludes halogenated alkanes) is 1. The first-order valence-corrected chi connectivity index (χ1v) is 17.9. The predicted molar refractivity (Wildman–Crippen MR) is 173 cm³/mol. The molecule has 0 bridgehead atoms. The Labute approximate surface area is 254 Å². The topological polar surface area (TPSA) is 67.8 Å².